The van der Waals surface area contributed by atoms with Gasteiger partial charge < -0.3 is 9.64 Å². The molecule has 2 fully saturated rings. The maximum absolute atomic E-state index is 12.6. The van der Waals surface area contributed by atoms with Gasteiger partial charge in [-0.25, -0.2) is 8.78 Å². The van der Waals surface area contributed by atoms with Crippen molar-refractivity contribution in [2.75, 3.05) is 13.2 Å². The second-order valence-corrected chi connectivity index (χ2v) is 5.86. The standard InChI is InChI=1S/C16H19F2NO2/c17-15(18)9-19(13-5-6-13)16(20)12-3-7-14(8-4-12)21-10-11-1-2-11/h3-4,7-8,11,13,15H,1-2,5-6,9-10H2. The van der Waals surface area contributed by atoms with Gasteiger partial charge in [-0.3, -0.25) is 4.79 Å². The average molecular weight is 295 g/mol. The van der Waals surface area contributed by atoms with Crippen LogP contribution in [0.2, 0.25) is 0 Å². The lowest BCUT2D eigenvalue weighted by molar-refractivity contribution is 0.0534. The Morgan fingerprint density at radius 1 is 1.19 bits per heavy atom. The number of alkyl halides is 2. The number of carbonyl (C=O) groups is 1. The summed E-state index contributed by atoms with van der Waals surface area (Å²) in [6.07, 6.45) is 1.60. The molecule has 3 rings (SSSR count). The van der Waals surface area contributed by atoms with Crippen LogP contribution in [0.3, 0.4) is 0 Å². The number of hydrogen-bond acceptors (Lipinski definition) is 2. The summed E-state index contributed by atoms with van der Waals surface area (Å²) in [5.41, 5.74) is 0.446. The van der Waals surface area contributed by atoms with E-state index in [2.05, 4.69) is 0 Å². The number of halogens is 2. The van der Waals surface area contributed by atoms with Gasteiger partial charge in [0, 0.05) is 11.6 Å². The molecule has 1 amide bonds. The Morgan fingerprint density at radius 3 is 2.38 bits per heavy atom. The summed E-state index contributed by atoms with van der Waals surface area (Å²) >= 11 is 0. The molecule has 114 valence electrons. The summed E-state index contributed by atoms with van der Waals surface area (Å²) in [5, 5.41) is 0. The Bertz CT molecular complexity index is 496. The van der Waals surface area contributed by atoms with Crippen molar-refractivity contribution in [3.8, 4) is 5.75 Å². The van der Waals surface area contributed by atoms with Crippen LogP contribution in [0.5, 0.6) is 5.75 Å². The Hall–Kier alpha value is -1.65. The van der Waals surface area contributed by atoms with E-state index in [-0.39, 0.29) is 11.9 Å². The van der Waals surface area contributed by atoms with Gasteiger partial charge in [0.25, 0.3) is 12.3 Å². The summed E-state index contributed by atoms with van der Waals surface area (Å²) in [6, 6.07) is 6.78. The first-order chi connectivity index (χ1) is 10.1. The van der Waals surface area contributed by atoms with Crippen LogP contribution in [0.4, 0.5) is 8.78 Å². The molecule has 21 heavy (non-hydrogen) atoms. The molecule has 0 N–H and O–H groups in total. The van der Waals surface area contributed by atoms with Gasteiger partial charge in [0.05, 0.1) is 13.2 Å². The van der Waals surface area contributed by atoms with Crippen LogP contribution >= 0.6 is 0 Å². The molecule has 0 bridgehead atoms. The molecule has 0 aromatic heterocycles. The maximum atomic E-state index is 12.6. The molecule has 1 aromatic carbocycles. The zero-order valence-corrected chi connectivity index (χ0v) is 11.8. The third kappa shape index (κ3) is 3.93. The summed E-state index contributed by atoms with van der Waals surface area (Å²) < 4.78 is 30.8. The van der Waals surface area contributed by atoms with Crippen LogP contribution in [-0.4, -0.2) is 36.4 Å². The highest BCUT2D eigenvalue weighted by atomic mass is 19.3. The van der Waals surface area contributed by atoms with Crippen LogP contribution in [0.15, 0.2) is 24.3 Å². The number of nitrogens with zero attached hydrogens (tertiary/aromatic N) is 1. The van der Waals surface area contributed by atoms with E-state index in [1.54, 1.807) is 24.3 Å². The highest BCUT2D eigenvalue weighted by Gasteiger charge is 2.34. The smallest absolute Gasteiger partial charge is 0.255 e. The molecular formula is C16H19F2NO2. The summed E-state index contributed by atoms with van der Waals surface area (Å²) in [4.78, 5) is 13.6. The van der Waals surface area contributed by atoms with Crippen LogP contribution in [0.1, 0.15) is 36.0 Å². The first kappa shape index (κ1) is 14.3. The number of rotatable bonds is 7. The summed E-state index contributed by atoms with van der Waals surface area (Å²) in [5.74, 6) is 1.08. The van der Waals surface area contributed by atoms with Crippen molar-refractivity contribution >= 4 is 5.91 Å². The Morgan fingerprint density at radius 2 is 1.86 bits per heavy atom. The zero-order chi connectivity index (χ0) is 14.8. The molecule has 3 nitrogen and oxygen atoms in total. The van der Waals surface area contributed by atoms with Crippen molar-refractivity contribution in [1.82, 2.24) is 4.90 Å². The van der Waals surface area contributed by atoms with Crippen molar-refractivity contribution < 1.29 is 18.3 Å². The minimum Gasteiger partial charge on any atom is -0.493 e. The second-order valence-electron chi connectivity index (χ2n) is 5.86. The number of carbonyl (C=O) groups excluding carboxylic acids is 1. The number of amides is 1. The van der Waals surface area contributed by atoms with Gasteiger partial charge in [-0.2, -0.15) is 0 Å². The minimum absolute atomic E-state index is 0.0164. The maximum Gasteiger partial charge on any atom is 0.255 e. The molecule has 0 radical (unpaired) electrons. The Labute approximate surface area is 122 Å². The molecule has 1 aromatic rings. The molecule has 2 saturated carbocycles. The van der Waals surface area contributed by atoms with Crippen molar-refractivity contribution in [2.45, 2.75) is 38.2 Å². The van der Waals surface area contributed by atoms with Crippen LogP contribution in [0.25, 0.3) is 0 Å². The highest BCUT2D eigenvalue weighted by molar-refractivity contribution is 5.94. The molecule has 0 aliphatic heterocycles. The van der Waals surface area contributed by atoms with Crippen molar-refractivity contribution in [3.63, 3.8) is 0 Å². The second kappa shape index (κ2) is 6.00. The average Bonchev–Trinajstić information content (AvgIpc) is 3.36. The lowest BCUT2D eigenvalue weighted by Crippen LogP contribution is -2.36. The number of hydrogen-bond donors (Lipinski definition) is 0. The van der Waals surface area contributed by atoms with Gasteiger partial charge >= 0.3 is 0 Å². The molecule has 0 heterocycles. The predicted molar refractivity (Wildman–Crippen MR) is 74.7 cm³/mol. The molecule has 2 aliphatic rings. The normalized spacial score (nSPS) is 17.9. The molecular weight excluding hydrogens is 276 g/mol. The van der Waals surface area contributed by atoms with Crippen molar-refractivity contribution in [3.05, 3.63) is 29.8 Å². The van der Waals surface area contributed by atoms with Crippen LogP contribution in [0, 0.1) is 5.92 Å². The molecule has 2 aliphatic carbocycles. The lowest BCUT2D eigenvalue weighted by atomic mass is 10.2. The Balaban J connectivity index is 1.62. The van der Waals surface area contributed by atoms with Gasteiger partial charge in [0.15, 0.2) is 0 Å². The van der Waals surface area contributed by atoms with Gasteiger partial charge in [-0.15, -0.1) is 0 Å². The van der Waals surface area contributed by atoms with Crippen molar-refractivity contribution in [1.29, 1.82) is 0 Å². The zero-order valence-electron chi connectivity index (χ0n) is 11.8. The third-order valence-corrected chi connectivity index (χ3v) is 3.87. The predicted octanol–water partition coefficient (Wildman–Crippen LogP) is 3.35. The van der Waals surface area contributed by atoms with Gasteiger partial charge in [-0.05, 0) is 55.9 Å². The van der Waals surface area contributed by atoms with Crippen molar-refractivity contribution in [2.24, 2.45) is 5.92 Å². The quantitative estimate of drug-likeness (QED) is 0.772. The van der Waals surface area contributed by atoms with E-state index in [1.807, 2.05) is 0 Å². The van der Waals surface area contributed by atoms with E-state index in [9.17, 15) is 13.6 Å². The molecule has 0 spiro atoms. The van der Waals surface area contributed by atoms with Crippen LogP contribution in [-0.2, 0) is 0 Å². The van der Waals surface area contributed by atoms with E-state index in [1.165, 1.54) is 17.7 Å². The fourth-order valence-corrected chi connectivity index (χ4v) is 2.29. The largest absolute Gasteiger partial charge is 0.493 e. The summed E-state index contributed by atoms with van der Waals surface area (Å²) in [7, 11) is 0. The van der Waals surface area contributed by atoms with Gasteiger partial charge in [0.2, 0.25) is 0 Å². The van der Waals surface area contributed by atoms with E-state index < -0.39 is 13.0 Å². The van der Waals surface area contributed by atoms with E-state index in [4.69, 9.17) is 4.74 Å². The fraction of sp³-hybridized carbons (Fsp3) is 0.562. The highest BCUT2D eigenvalue weighted by Crippen LogP contribution is 2.30. The molecule has 0 unspecified atom stereocenters. The minimum atomic E-state index is -2.49. The number of benzene rings is 1. The monoisotopic (exact) mass is 295 g/mol. The molecule has 5 heteroatoms. The number of ether oxygens (including phenoxy) is 1. The van der Waals surface area contributed by atoms with E-state index in [0.717, 1.165) is 18.6 Å². The lowest BCUT2D eigenvalue weighted by Gasteiger charge is -2.22. The summed E-state index contributed by atoms with van der Waals surface area (Å²) in [6.45, 7) is 0.232. The van der Waals surface area contributed by atoms with Gasteiger partial charge in [0.1, 0.15) is 5.75 Å². The topological polar surface area (TPSA) is 29.5 Å². The first-order valence-corrected chi connectivity index (χ1v) is 7.45. The molecule has 0 atom stereocenters. The molecule has 0 saturated heterocycles. The SMILES string of the molecule is O=C(c1ccc(OCC2CC2)cc1)N(CC(F)F)C1CC1. The first-order valence-electron chi connectivity index (χ1n) is 7.45. The van der Waals surface area contributed by atoms with E-state index in [0.29, 0.717) is 18.1 Å². The Kier molecular flexibility index (Phi) is 4.08. The third-order valence-electron chi connectivity index (χ3n) is 3.87. The van der Waals surface area contributed by atoms with Gasteiger partial charge in [-0.1, -0.05) is 0 Å². The van der Waals surface area contributed by atoms with Crippen LogP contribution < -0.4 is 4.74 Å². The van der Waals surface area contributed by atoms with E-state index >= 15 is 0 Å². The fourth-order valence-electron chi connectivity index (χ4n) is 2.29.